The van der Waals surface area contributed by atoms with Crippen molar-refractivity contribution in [1.29, 1.82) is 0 Å². The second-order valence-corrected chi connectivity index (χ2v) is 7.51. The molecule has 4 heteroatoms. The van der Waals surface area contributed by atoms with E-state index in [2.05, 4.69) is 41.8 Å². The summed E-state index contributed by atoms with van der Waals surface area (Å²) < 4.78 is 4.40. The molecular weight excluding hydrogens is 348 g/mol. The third-order valence-electron chi connectivity index (χ3n) is 4.85. The zero-order chi connectivity index (χ0) is 20.5. The monoisotopic (exact) mass is 386 g/mol. The smallest absolute Gasteiger partial charge is 0.243 e. The van der Waals surface area contributed by atoms with Gasteiger partial charge >= 0.3 is 0 Å². The number of imidazole rings is 1. The number of aryl methyl sites for hydroxylation is 2. The van der Waals surface area contributed by atoms with E-state index in [9.17, 15) is 9.90 Å². The lowest BCUT2D eigenvalue weighted by Crippen LogP contribution is -2.23. The highest BCUT2D eigenvalue weighted by molar-refractivity contribution is 5.85. The molecule has 0 aliphatic rings. The molecule has 2 aromatic rings. The second kappa shape index (κ2) is 15.9. The van der Waals surface area contributed by atoms with Crippen molar-refractivity contribution < 1.29 is 14.5 Å². The van der Waals surface area contributed by atoms with Gasteiger partial charge < -0.3 is 9.90 Å². The summed E-state index contributed by atoms with van der Waals surface area (Å²) in [4.78, 5) is 10.1. The number of carboxylic acids is 1. The molecule has 0 unspecified atom stereocenters. The van der Waals surface area contributed by atoms with Gasteiger partial charge in [-0.25, -0.2) is 9.13 Å². The second-order valence-electron chi connectivity index (χ2n) is 7.51. The summed E-state index contributed by atoms with van der Waals surface area (Å²) in [6.07, 6.45) is 22.1. The van der Waals surface area contributed by atoms with Crippen LogP contribution in [0.5, 0.6) is 0 Å². The number of unbranched alkanes of at least 4 members (excludes halogenated alkanes) is 10. The fourth-order valence-electron chi connectivity index (χ4n) is 3.17. The van der Waals surface area contributed by atoms with Crippen molar-refractivity contribution in [2.45, 2.75) is 84.1 Å². The highest BCUT2D eigenvalue weighted by Crippen LogP contribution is 2.11. The number of rotatable bonds is 13. The van der Waals surface area contributed by atoms with E-state index in [-0.39, 0.29) is 5.56 Å². The Morgan fingerprint density at radius 3 is 1.86 bits per heavy atom. The van der Waals surface area contributed by atoms with E-state index in [1.807, 2.05) is 0 Å². The fraction of sp³-hybridized carbons (Fsp3) is 0.583. The summed E-state index contributed by atoms with van der Waals surface area (Å²) in [6.45, 7) is 3.46. The van der Waals surface area contributed by atoms with Gasteiger partial charge in [0.05, 0.1) is 19.6 Å². The van der Waals surface area contributed by atoms with Crippen LogP contribution < -0.4 is 9.67 Å². The van der Waals surface area contributed by atoms with Crippen LogP contribution in [-0.2, 0) is 13.6 Å². The lowest BCUT2D eigenvalue weighted by molar-refractivity contribution is -0.671. The molecule has 0 spiro atoms. The molecule has 0 aliphatic heterocycles. The highest BCUT2D eigenvalue weighted by atomic mass is 16.4. The average Bonchev–Trinajstić information content (AvgIpc) is 3.12. The van der Waals surface area contributed by atoms with Crippen LogP contribution in [0.2, 0.25) is 0 Å². The topological polar surface area (TPSA) is 48.9 Å². The Morgan fingerprint density at radius 2 is 1.43 bits per heavy atom. The molecule has 0 amide bonds. The van der Waals surface area contributed by atoms with Crippen molar-refractivity contribution in [2.75, 3.05) is 0 Å². The molecule has 0 radical (unpaired) electrons. The van der Waals surface area contributed by atoms with Gasteiger partial charge in [-0.3, -0.25) is 0 Å². The highest BCUT2D eigenvalue weighted by Gasteiger charge is 1.99. The molecule has 0 fully saturated rings. The molecule has 1 aromatic heterocycles. The van der Waals surface area contributed by atoms with Crippen LogP contribution in [0.3, 0.4) is 0 Å². The van der Waals surface area contributed by atoms with Crippen LogP contribution in [0.25, 0.3) is 0 Å². The standard InChI is InChI=1S/C17H33N2.C7H6O2/c1-3-4-5-6-7-8-9-10-11-12-13-14-19-16-15-18(2)17-19;8-7(9)6-4-2-1-3-5-6/h15-17H,3-14H2,1-2H3;1-5H,(H,8,9)/q+1;/p-1. The predicted octanol–water partition coefficient (Wildman–Crippen LogP) is 4.67. The van der Waals surface area contributed by atoms with Crippen LogP contribution in [0.1, 0.15) is 87.9 Å². The van der Waals surface area contributed by atoms with Crippen LogP contribution >= 0.6 is 0 Å². The van der Waals surface area contributed by atoms with Gasteiger partial charge in [0.1, 0.15) is 12.4 Å². The Bertz CT molecular complexity index is 623. The maximum atomic E-state index is 10.1. The van der Waals surface area contributed by atoms with Gasteiger partial charge in [-0.05, 0) is 18.4 Å². The number of nitrogens with zero attached hydrogens (tertiary/aromatic N) is 2. The Kier molecular flexibility index (Phi) is 13.6. The zero-order valence-electron chi connectivity index (χ0n) is 17.8. The van der Waals surface area contributed by atoms with Crippen LogP contribution in [-0.4, -0.2) is 10.5 Å². The van der Waals surface area contributed by atoms with Gasteiger partial charge in [0.15, 0.2) is 0 Å². The molecule has 2 rings (SSSR count). The number of carbonyl (C=O) groups is 1. The van der Waals surface area contributed by atoms with E-state index in [0.717, 1.165) is 0 Å². The van der Waals surface area contributed by atoms with E-state index in [1.165, 1.54) is 89.3 Å². The maximum absolute atomic E-state index is 10.1. The van der Waals surface area contributed by atoms with Crippen LogP contribution in [0.4, 0.5) is 0 Å². The molecule has 0 bridgehead atoms. The first-order chi connectivity index (χ1) is 13.6. The molecule has 0 saturated carbocycles. The summed E-state index contributed by atoms with van der Waals surface area (Å²) in [6, 6.07) is 8.06. The molecule has 1 heterocycles. The Hall–Kier alpha value is -2.10. The maximum Gasteiger partial charge on any atom is 0.243 e. The SMILES string of the molecule is CCCCCCCCCCCCCn1cc[n+](C)c1.O=C([O-])c1ccccc1. The molecule has 0 atom stereocenters. The molecule has 156 valence electrons. The van der Waals surface area contributed by atoms with Gasteiger partial charge in [0.2, 0.25) is 6.33 Å². The van der Waals surface area contributed by atoms with Crippen molar-refractivity contribution in [3.8, 4) is 0 Å². The van der Waals surface area contributed by atoms with Crippen molar-refractivity contribution >= 4 is 5.97 Å². The lowest BCUT2D eigenvalue weighted by atomic mass is 10.1. The summed E-state index contributed by atoms with van der Waals surface area (Å²) in [7, 11) is 2.08. The number of benzene rings is 1. The number of aromatic carboxylic acids is 1. The van der Waals surface area contributed by atoms with Crippen LogP contribution in [0.15, 0.2) is 49.1 Å². The van der Waals surface area contributed by atoms with Crippen molar-refractivity contribution in [2.24, 2.45) is 7.05 Å². The summed E-state index contributed by atoms with van der Waals surface area (Å²) in [5, 5.41) is 10.1. The quantitative estimate of drug-likeness (QED) is 0.371. The number of aromatic nitrogens is 2. The Morgan fingerprint density at radius 1 is 0.893 bits per heavy atom. The minimum Gasteiger partial charge on any atom is -0.545 e. The summed E-state index contributed by atoms with van der Waals surface area (Å²) >= 11 is 0. The van der Waals surface area contributed by atoms with Gasteiger partial charge in [-0.2, -0.15) is 0 Å². The first kappa shape index (κ1) is 23.9. The van der Waals surface area contributed by atoms with Gasteiger partial charge in [-0.15, -0.1) is 0 Å². The molecule has 1 aromatic carbocycles. The summed E-state index contributed by atoms with van der Waals surface area (Å²) in [5.41, 5.74) is 0.220. The van der Waals surface area contributed by atoms with E-state index in [4.69, 9.17) is 0 Å². The minimum absolute atomic E-state index is 0.220. The molecule has 0 N–H and O–H groups in total. The first-order valence-electron chi connectivity index (χ1n) is 10.9. The lowest BCUT2D eigenvalue weighted by Gasteiger charge is -2.02. The molecule has 0 aliphatic carbocycles. The van der Waals surface area contributed by atoms with E-state index < -0.39 is 5.97 Å². The fourth-order valence-corrected chi connectivity index (χ4v) is 3.17. The molecule has 4 nitrogen and oxygen atoms in total. The third kappa shape index (κ3) is 12.3. The van der Waals surface area contributed by atoms with E-state index >= 15 is 0 Å². The normalized spacial score (nSPS) is 10.4. The number of carboxylic acid groups (broad SMARTS) is 1. The van der Waals surface area contributed by atoms with Crippen LogP contribution in [0, 0.1) is 0 Å². The summed E-state index contributed by atoms with van der Waals surface area (Å²) in [5.74, 6) is -1.13. The molecular formula is C24H38N2O2. The first-order valence-corrected chi connectivity index (χ1v) is 10.9. The van der Waals surface area contributed by atoms with Gasteiger partial charge in [0, 0.05) is 0 Å². The van der Waals surface area contributed by atoms with E-state index in [0.29, 0.717) is 0 Å². The number of hydrogen-bond acceptors (Lipinski definition) is 2. The number of carbonyl (C=O) groups excluding carboxylic acids is 1. The predicted molar refractivity (Wildman–Crippen MR) is 113 cm³/mol. The Labute approximate surface area is 171 Å². The van der Waals surface area contributed by atoms with Gasteiger partial charge in [0.25, 0.3) is 0 Å². The third-order valence-corrected chi connectivity index (χ3v) is 4.85. The zero-order valence-corrected chi connectivity index (χ0v) is 17.8. The van der Waals surface area contributed by atoms with Crippen molar-refractivity contribution in [3.63, 3.8) is 0 Å². The number of hydrogen-bond donors (Lipinski definition) is 0. The van der Waals surface area contributed by atoms with Crippen molar-refractivity contribution in [3.05, 3.63) is 54.6 Å². The Balaban J connectivity index is 0.000000362. The average molecular weight is 387 g/mol. The van der Waals surface area contributed by atoms with Crippen molar-refractivity contribution in [1.82, 2.24) is 4.57 Å². The largest absolute Gasteiger partial charge is 0.545 e. The van der Waals surface area contributed by atoms with E-state index in [1.54, 1.807) is 18.2 Å². The minimum atomic E-state index is -1.13. The van der Waals surface area contributed by atoms with Gasteiger partial charge in [-0.1, -0.05) is 95.0 Å². The molecule has 28 heavy (non-hydrogen) atoms. The molecule has 0 saturated heterocycles.